The summed E-state index contributed by atoms with van der Waals surface area (Å²) in [6.45, 7) is 11.6. The number of benzene rings is 1. The van der Waals surface area contributed by atoms with Gasteiger partial charge >= 0.3 is 0 Å². The molecule has 0 fully saturated rings. The van der Waals surface area contributed by atoms with Crippen molar-refractivity contribution in [2.75, 3.05) is 7.05 Å². The van der Waals surface area contributed by atoms with Crippen molar-refractivity contribution >= 4 is 0 Å². The van der Waals surface area contributed by atoms with Gasteiger partial charge in [-0.05, 0) is 52.8 Å². The van der Waals surface area contributed by atoms with Crippen LogP contribution < -0.4 is 5.32 Å². The zero-order valence-corrected chi connectivity index (χ0v) is 13.4. The molecule has 0 amide bonds. The third kappa shape index (κ3) is 2.78. The Balaban J connectivity index is 2.37. The molecule has 3 nitrogen and oxygen atoms in total. The van der Waals surface area contributed by atoms with Gasteiger partial charge in [0.25, 0.3) is 0 Å². The molecule has 1 aromatic carbocycles. The first-order valence-electron chi connectivity index (χ1n) is 7.21. The van der Waals surface area contributed by atoms with Crippen LogP contribution in [0.2, 0.25) is 0 Å². The second kappa shape index (κ2) is 5.80. The molecule has 1 aromatic heterocycles. The number of aryl methyl sites for hydroxylation is 3. The first-order valence-corrected chi connectivity index (χ1v) is 7.21. The van der Waals surface area contributed by atoms with Crippen molar-refractivity contribution in [3.63, 3.8) is 0 Å². The maximum atomic E-state index is 4.72. The molecular weight excluding hydrogens is 246 g/mol. The molecule has 2 rings (SSSR count). The molecule has 0 radical (unpaired) electrons. The summed E-state index contributed by atoms with van der Waals surface area (Å²) in [7, 11) is 1.99. The van der Waals surface area contributed by atoms with Crippen LogP contribution in [0.1, 0.15) is 46.6 Å². The van der Waals surface area contributed by atoms with E-state index >= 15 is 0 Å². The Labute approximate surface area is 122 Å². The van der Waals surface area contributed by atoms with Gasteiger partial charge in [-0.3, -0.25) is 4.68 Å². The Bertz CT molecular complexity index is 611. The molecule has 0 spiro atoms. The van der Waals surface area contributed by atoms with Crippen molar-refractivity contribution in [3.05, 3.63) is 51.8 Å². The average molecular weight is 271 g/mol. The lowest BCUT2D eigenvalue weighted by molar-refractivity contribution is 0.632. The van der Waals surface area contributed by atoms with Crippen molar-refractivity contribution in [1.29, 1.82) is 0 Å². The van der Waals surface area contributed by atoms with Crippen LogP contribution in [0.5, 0.6) is 0 Å². The number of nitrogens with one attached hydrogen (secondary N) is 1. The molecule has 3 heteroatoms. The maximum absolute atomic E-state index is 4.72. The number of nitrogens with zero attached hydrogens (tertiary/aromatic N) is 2. The summed E-state index contributed by atoms with van der Waals surface area (Å²) in [6, 6.07) is 6.94. The standard InChI is InChI=1S/C17H25N3/c1-11-7-8-12(2)16(9-11)10-20-15(5)17(13(3)18-6)14(4)19-20/h7-9,13,18H,10H2,1-6H3. The summed E-state index contributed by atoms with van der Waals surface area (Å²) in [5, 5.41) is 8.03. The minimum atomic E-state index is 0.336. The van der Waals surface area contributed by atoms with Crippen molar-refractivity contribution in [1.82, 2.24) is 15.1 Å². The zero-order chi connectivity index (χ0) is 14.9. The van der Waals surface area contributed by atoms with Gasteiger partial charge in [0, 0.05) is 17.3 Å². The molecule has 0 aliphatic carbocycles. The van der Waals surface area contributed by atoms with Gasteiger partial charge in [0.1, 0.15) is 0 Å². The molecule has 0 saturated heterocycles. The van der Waals surface area contributed by atoms with Crippen LogP contribution in [0, 0.1) is 27.7 Å². The van der Waals surface area contributed by atoms with Gasteiger partial charge in [-0.15, -0.1) is 0 Å². The van der Waals surface area contributed by atoms with E-state index in [-0.39, 0.29) is 0 Å². The third-order valence-electron chi connectivity index (χ3n) is 4.13. The van der Waals surface area contributed by atoms with Crippen LogP contribution in [0.15, 0.2) is 18.2 Å². The summed E-state index contributed by atoms with van der Waals surface area (Å²) < 4.78 is 2.13. The highest BCUT2D eigenvalue weighted by molar-refractivity contribution is 5.33. The lowest BCUT2D eigenvalue weighted by Gasteiger charge is -2.12. The molecule has 0 bridgehead atoms. The lowest BCUT2D eigenvalue weighted by atomic mass is 10.0. The first-order chi connectivity index (χ1) is 9.43. The smallest absolute Gasteiger partial charge is 0.0665 e. The summed E-state index contributed by atoms with van der Waals surface area (Å²) >= 11 is 0. The van der Waals surface area contributed by atoms with E-state index in [0.29, 0.717) is 6.04 Å². The topological polar surface area (TPSA) is 29.9 Å². The van der Waals surface area contributed by atoms with Crippen molar-refractivity contribution < 1.29 is 0 Å². The van der Waals surface area contributed by atoms with Crippen molar-refractivity contribution in [3.8, 4) is 0 Å². The SMILES string of the molecule is CNC(C)c1c(C)nn(Cc2cc(C)ccc2C)c1C. The van der Waals surface area contributed by atoms with Crippen LogP contribution in [0.4, 0.5) is 0 Å². The highest BCUT2D eigenvalue weighted by Gasteiger charge is 2.16. The predicted molar refractivity (Wildman–Crippen MR) is 84.2 cm³/mol. The first kappa shape index (κ1) is 14.8. The number of hydrogen-bond donors (Lipinski definition) is 1. The van der Waals surface area contributed by atoms with E-state index < -0.39 is 0 Å². The largest absolute Gasteiger partial charge is 0.313 e. The van der Waals surface area contributed by atoms with E-state index in [1.54, 1.807) is 0 Å². The van der Waals surface area contributed by atoms with E-state index in [9.17, 15) is 0 Å². The van der Waals surface area contributed by atoms with Crippen molar-refractivity contribution in [2.45, 2.75) is 47.2 Å². The summed E-state index contributed by atoms with van der Waals surface area (Å²) in [6.07, 6.45) is 0. The molecule has 0 aliphatic rings. The predicted octanol–water partition coefficient (Wildman–Crippen LogP) is 3.45. The lowest BCUT2D eigenvalue weighted by Crippen LogP contribution is -2.14. The quantitative estimate of drug-likeness (QED) is 0.923. The second-order valence-electron chi connectivity index (χ2n) is 5.68. The molecule has 108 valence electrons. The molecular formula is C17H25N3. The van der Waals surface area contributed by atoms with Crippen LogP contribution in [-0.2, 0) is 6.54 Å². The normalized spacial score (nSPS) is 12.7. The molecule has 1 heterocycles. The summed E-state index contributed by atoms with van der Waals surface area (Å²) in [5.74, 6) is 0. The fourth-order valence-corrected chi connectivity index (χ4v) is 2.77. The maximum Gasteiger partial charge on any atom is 0.0665 e. The van der Waals surface area contributed by atoms with E-state index in [1.807, 2.05) is 7.05 Å². The Morgan fingerprint density at radius 2 is 1.90 bits per heavy atom. The van der Waals surface area contributed by atoms with E-state index in [2.05, 4.69) is 62.8 Å². The van der Waals surface area contributed by atoms with Crippen LogP contribution in [-0.4, -0.2) is 16.8 Å². The molecule has 1 atom stereocenters. The Morgan fingerprint density at radius 3 is 2.55 bits per heavy atom. The van der Waals surface area contributed by atoms with Gasteiger partial charge in [0.05, 0.1) is 12.2 Å². The highest BCUT2D eigenvalue weighted by atomic mass is 15.3. The van der Waals surface area contributed by atoms with Gasteiger partial charge in [-0.2, -0.15) is 5.10 Å². The van der Waals surface area contributed by atoms with E-state index in [0.717, 1.165) is 12.2 Å². The van der Waals surface area contributed by atoms with E-state index in [4.69, 9.17) is 5.10 Å². The monoisotopic (exact) mass is 271 g/mol. The molecule has 20 heavy (non-hydrogen) atoms. The zero-order valence-electron chi connectivity index (χ0n) is 13.4. The Hall–Kier alpha value is -1.61. The average Bonchev–Trinajstić information content (AvgIpc) is 2.68. The summed E-state index contributed by atoms with van der Waals surface area (Å²) in [4.78, 5) is 0. The third-order valence-corrected chi connectivity index (χ3v) is 4.13. The van der Waals surface area contributed by atoms with Crippen molar-refractivity contribution in [2.24, 2.45) is 0 Å². The van der Waals surface area contributed by atoms with Crippen LogP contribution in [0.25, 0.3) is 0 Å². The van der Waals surface area contributed by atoms with Gasteiger partial charge in [0.15, 0.2) is 0 Å². The fraction of sp³-hybridized carbons (Fsp3) is 0.471. The number of aromatic nitrogens is 2. The highest BCUT2D eigenvalue weighted by Crippen LogP contribution is 2.22. The van der Waals surface area contributed by atoms with Gasteiger partial charge in [-0.1, -0.05) is 23.8 Å². The van der Waals surface area contributed by atoms with Gasteiger partial charge in [-0.25, -0.2) is 0 Å². The minimum Gasteiger partial charge on any atom is -0.313 e. The summed E-state index contributed by atoms with van der Waals surface area (Å²) in [5.41, 5.74) is 7.67. The van der Waals surface area contributed by atoms with E-state index in [1.165, 1.54) is 27.9 Å². The van der Waals surface area contributed by atoms with Crippen LogP contribution >= 0.6 is 0 Å². The molecule has 1 N–H and O–H groups in total. The Kier molecular flexibility index (Phi) is 4.29. The molecule has 0 saturated carbocycles. The molecule has 0 aliphatic heterocycles. The fourth-order valence-electron chi connectivity index (χ4n) is 2.77. The van der Waals surface area contributed by atoms with Gasteiger partial charge in [0.2, 0.25) is 0 Å². The second-order valence-corrected chi connectivity index (χ2v) is 5.68. The number of hydrogen-bond acceptors (Lipinski definition) is 2. The van der Waals surface area contributed by atoms with Crippen LogP contribution in [0.3, 0.4) is 0 Å². The minimum absolute atomic E-state index is 0.336. The van der Waals surface area contributed by atoms with Gasteiger partial charge < -0.3 is 5.32 Å². The number of rotatable bonds is 4. The Morgan fingerprint density at radius 1 is 1.20 bits per heavy atom. The molecule has 2 aromatic rings. The molecule has 1 unspecified atom stereocenters.